The van der Waals surface area contributed by atoms with E-state index >= 15 is 0 Å². The lowest BCUT2D eigenvalue weighted by Crippen LogP contribution is -2.43. The van der Waals surface area contributed by atoms with E-state index in [0.29, 0.717) is 25.6 Å². The summed E-state index contributed by atoms with van der Waals surface area (Å²) in [5, 5.41) is 0. The van der Waals surface area contributed by atoms with Crippen LogP contribution in [0.15, 0.2) is 24.3 Å². The number of hydrogen-bond donors (Lipinski definition) is 1. The maximum Gasteiger partial charge on any atom is 0.410 e. The molecule has 1 aromatic rings. The van der Waals surface area contributed by atoms with Crippen molar-refractivity contribution >= 4 is 6.09 Å². The number of nitrogens with two attached hydrogens (primary N) is 1. The topological polar surface area (TPSA) is 55.6 Å². The van der Waals surface area contributed by atoms with Crippen LogP contribution in [-0.2, 0) is 4.74 Å². The second kappa shape index (κ2) is 7.30. The van der Waals surface area contributed by atoms with Crippen molar-refractivity contribution in [3.63, 3.8) is 0 Å². The number of piperidine rings is 1. The van der Waals surface area contributed by atoms with E-state index in [2.05, 4.69) is 0 Å². The van der Waals surface area contributed by atoms with Crippen molar-refractivity contribution in [3.8, 4) is 0 Å². The van der Waals surface area contributed by atoms with E-state index in [1.165, 1.54) is 12.1 Å². The van der Waals surface area contributed by atoms with Crippen LogP contribution in [-0.4, -0.2) is 36.2 Å². The summed E-state index contributed by atoms with van der Waals surface area (Å²) in [7, 11) is 0. The molecule has 2 rings (SSSR count). The highest BCUT2D eigenvalue weighted by molar-refractivity contribution is 5.68. The molecule has 1 unspecified atom stereocenters. The Labute approximate surface area is 137 Å². The zero-order chi connectivity index (χ0) is 17.0. The van der Waals surface area contributed by atoms with Crippen LogP contribution in [0.1, 0.15) is 45.1 Å². The third-order valence-electron chi connectivity index (χ3n) is 4.31. The van der Waals surface area contributed by atoms with E-state index in [4.69, 9.17) is 10.5 Å². The summed E-state index contributed by atoms with van der Waals surface area (Å²) in [4.78, 5) is 13.9. The Morgan fingerprint density at radius 1 is 1.30 bits per heavy atom. The van der Waals surface area contributed by atoms with Gasteiger partial charge in [0, 0.05) is 13.1 Å². The molecule has 1 fully saturated rings. The average Bonchev–Trinajstić information content (AvgIpc) is 2.49. The Hall–Kier alpha value is -1.62. The second-order valence-corrected chi connectivity index (χ2v) is 7.20. The molecule has 5 heteroatoms. The summed E-state index contributed by atoms with van der Waals surface area (Å²) in [5.41, 5.74) is 6.56. The van der Waals surface area contributed by atoms with Crippen molar-refractivity contribution in [2.45, 2.75) is 45.1 Å². The molecule has 0 aliphatic carbocycles. The van der Waals surface area contributed by atoms with Crippen molar-refractivity contribution in [3.05, 3.63) is 35.6 Å². The first kappa shape index (κ1) is 17.7. The number of hydrogen-bond acceptors (Lipinski definition) is 3. The standard InChI is InChI=1S/C18H27FN2O2/c1-18(2,3)23-17(22)21-10-8-14(9-11-21)16(12-20)13-4-6-15(19)7-5-13/h4-7,14,16H,8-12,20H2,1-3H3. The quantitative estimate of drug-likeness (QED) is 0.926. The van der Waals surface area contributed by atoms with Gasteiger partial charge in [-0.25, -0.2) is 9.18 Å². The number of likely N-dealkylation sites (tertiary alicyclic amines) is 1. The zero-order valence-corrected chi connectivity index (χ0v) is 14.2. The molecule has 1 heterocycles. The lowest BCUT2D eigenvalue weighted by Gasteiger charge is -2.36. The minimum absolute atomic E-state index is 0.205. The molecule has 1 saturated heterocycles. The summed E-state index contributed by atoms with van der Waals surface area (Å²) in [6.45, 7) is 7.50. The summed E-state index contributed by atoms with van der Waals surface area (Å²) in [5.74, 6) is 0.379. The molecule has 23 heavy (non-hydrogen) atoms. The highest BCUT2D eigenvalue weighted by Gasteiger charge is 2.30. The molecule has 0 aromatic heterocycles. The van der Waals surface area contributed by atoms with Gasteiger partial charge in [-0.1, -0.05) is 12.1 Å². The first-order valence-corrected chi connectivity index (χ1v) is 8.23. The number of rotatable bonds is 3. The first-order chi connectivity index (χ1) is 10.8. The molecule has 0 bridgehead atoms. The van der Waals surface area contributed by atoms with Gasteiger partial charge in [-0.2, -0.15) is 0 Å². The minimum atomic E-state index is -0.470. The third-order valence-corrected chi connectivity index (χ3v) is 4.31. The van der Waals surface area contributed by atoms with Crippen LogP contribution in [0.5, 0.6) is 0 Å². The fourth-order valence-corrected chi connectivity index (χ4v) is 3.12. The lowest BCUT2D eigenvalue weighted by atomic mass is 9.80. The number of amides is 1. The van der Waals surface area contributed by atoms with Crippen molar-refractivity contribution in [2.75, 3.05) is 19.6 Å². The average molecular weight is 322 g/mol. The van der Waals surface area contributed by atoms with Crippen molar-refractivity contribution in [1.82, 2.24) is 4.90 Å². The van der Waals surface area contributed by atoms with Crippen LogP contribution in [0.3, 0.4) is 0 Å². The van der Waals surface area contributed by atoms with Gasteiger partial charge in [-0.3, -0.25) is 0 Å². The van der Waals surface area contributed by atoms with E-state index in [-0.39, 0.29) is 17.8 Å². The summed E-state index contributed by atoms with van der Waals surface area (Å²) in [6.07, 6.45) is 1.53. The van der Waals surface area contributed by atoms with Crippen LogP contribution < -0.4 is 5.73 Å². The highest BCUT2D eigenvalue weighted by atomic mass is 19.1. The Bertz CT molecular complexity index is 517. The van der Waals surface area contributed by atoms with Gasteiger partial charge in [-0.15, -0.1) is 0 Å². The van der Waals surface area contributed by atoms with Gasteiger partial charge in [0.25, 0.3) is 0 Å². The summed E-state index contributed by atoms with van der Waals surface area (Å²) in [6, 6.07) is 6.59. The molecule has 1 aliphatic heterocycles. The van der Waals surface area contributed by atoms with Gasteiger partial charge in [0.2, 0.25) is 0 Å². The second-order valence-electron chi connectivity index (χ2n) is 7.20. The normalized spacial score (nSPS) is 17.9. The van der Waals surface area contributed by atoms with E-state index in [0.717, 1.165) is 18.4 Å². The van der Waals surface area contributed by atoms with Crippen LogP contribution in [0.2, 0.25) is 0 Å². The summed E-state index contributed by atoms with van der Waals surface area (Å²) >= 11 is 0. The molecular weight excluding hydrogens is 295 g/mol. The van der Waals surface area contributed by atoms with Gasteiger partial charge >= 0.3 is 6.09 Å². The van der Waals surface area contributed by atoms with Crippen LogP contribution in [0.25, 0.3) is 0 Å². The number of ether oxygens (including phenoxy) is 1. The van der Waals surface area contributed by atoms with Crippen LogP contribution in [0, 0.1) is 11.7 Å². The SMILES string of the molecule is CC(C)(C)OC(=O)N1CCC(C(CN)c2ccc(F)cc2)CC1. The molecule has 2 N–H and O–H groups in total. The van der Waals surface area contributed by atoms with Gasteiger partial charge in [0.05, 0.1) is 0 Å². The fraction of sp³-hybridized carbons (Fsp3) is 0.611. The molecule has 4 nitrogen and oxygen atoms in total. The van der Waals surface area contributed by atoms with Crippen LogP contribution >= 0.6 is 0 Å². The number of carbonyl (C=O) groups excluding carboxylic acids is 1. The predicted octanol–water partition coefficient (Wildman–Crippen LogP) is 3.52. The number of carbonyl (C=O) groups is 1. The molecule has 1 atom stereocenters. The first-order valence-electron chi connectivity index (χ1n) is 8.23. The maximum absolute atomic E-state index is 13.1. The Kier molecular flexibility index (Phi) is 5.63. The molecule has 1 aromatic carbocycles. The molecule has 1 amide bonds. The van der Waals surface area contributed by atoms with Crippen molar-refractivity contribution in [1.29, 1.82) is 0 Å². The van der Waals surface area contributed by atoms with E-state index in [1.807, 2.05) is 32.9 Å². The monoisotopic (exact) mass is 322 g/mol. The predicted molar refractivity (Wildman–Crippen MR) is 88.7 cm³/mol. The lowest BCUT2D eigenvalue weighted by molar-refractivity contribution is 0.0175. The molecule has 0 radical (unpaired) electrons. The minimum Gasteiger partial charge on any atom is -0.444 e. The highest BCUT2D eigenvalue weighted by Crippen LogP contribution is 2.32. The Balaban J connectivity index is 1.94. The van der Waals surface area contributed by atoms with Gasteiger partial charge in [0.15, 0.2) is 0 Å². The van der Waals surface area contributed by atoms with E-state index in [1.54, 1.807) is 4.90 Å². The molecule has 1 aliphatic rings. The molecular formula is C18H27FN2O2. The maximum atomic E-state index is 13.1. The Morgan fingerprint density at radius 2 is 1.87 bits per heavy atom. The molecule has 128 valence electrons. The fourth-order valence-electron chi connectivity index (χ4n) is 3.12. The van der Waals surface area contributed by atoms with Crippen molar-refractivity contribution < 1.29 is 13.9 Å². The number of halogens is 1. The molecule has 0 spiro atoms. The van der Waals surface area contributed by atoms with Gasteiger partial charge in [-0.05, 0) is 69.7 Å². The van der Waals surface area contributed by atoms with Gasteiger partial charge < -0.3 is 15.4 Å². The number of benzene rings is 1. The van der Waals surface area contributed by atoms with Crippen molar-refractivity contribution in [2.24, 2.45) is 11.7 Å². The summed E-state index contributed by atoms with van der Waals surface area (Å²) < 4.78 is 18.5. The third kappa shape index (κ3) is 4.93. The van der Waals surface area contributed by atoms with E-state index in [9.17, 15) is 9.18 Å². The zero-order valence-electron chi connectivity index (χ0n) is 14.2. The Morgan fingerprint density at radius 3 is 2.35 bits per heavy atom. The van der Waals surface area contributed by atoms with Crippen LogP contribution in [0.4, 0.5) is 9.18 Å². The van der Waals surface area contributed by atoms with E-state index < -0.39 is 5.60 Å². The number of nitrogens with zero attached hydrogens (tertiary/aromatic N) is 1. The largest absolute Gasteiger partial charge is 0.444 e. The molecule has 0 saturated carbocycles. The smallest absolute Gasteiger partial charge is 0.410 e. The van der Waals surface area contributed by atoms with Gasteiger partial charge in [0.1, 0.15) is 11.4 Å².